The van der Waals surface area contributed by atoms with Gasteiger partial charge >= 0.3 is 0 Å². The third kappa shape index (κ3) is 4.00. The molecule has 108 valence electrons. The largest absolute Gasteiger partial charge is 0.496 e. The Morgan fingerprint density at radius 1 is 1.14 bits per heavy atom. The predicted molar refractivity (Wildman–Crippen MR) is 87.1 cm³/mol. The number of benzene rings is 2. The van der Waals surface area contributed by atoms with Gasteiger partial charge in [-0.3, -0.25) is 4.79 Å². The maximum atomic E-state index is 11.9. The lowest BCUT2D eigenvalue weighted by atomic mass is 10.2. The van der Waals surface area contributed by atoms with Crippen LogP contribution in [0.2, 0.25) is 10.0 Å². The lowest BCUT2D eigenvalue weighted by molar-refractivity contribution is -0.111. The van der Waals surface area contributed by atoms with Crippen LogP contribution in [0, 0.1) is 0 Å². The fraction of sp³-hybridized carbons (Fsp3) is 0.0625. The van der Waals surface area contributed by atoms with Gasteiger partial charge in [0, 0.05) is 11.6 Å². The fourth-order valence-electron chi connectivity index (χ4n) is 1.74. The number of methoxy groups -OCH3 is 1. The molecule has 1 amide bonds. The predicted octanol–water partition coefficient (Wildman–Crippen LogP) is 4.65. The van der Waals surface area contributed by atoms with Crippen molar-refractivity contribution >= 4 is 40.9 Å². The molecule has 0 saturated carbocycles. The van der Waals surface area contributed by atoms with Crippen LogP contribution in [-0.4, -0.2) is 13.0 Å². The smallest absolute Gasteiger partial charge is 0.248 e. The van der Waals surface area contributed by atoms with E-state index in [1.54, 1.807) is 31.4 Å². The molecule has 0 atom stereocenters. The molecule has 0 bridgehead atoms. The second kappa shape index (κ2) is 7.16. The highest BCUT2D eigenvalue weighted by atomic mass is 35.5. The number of halogens is 2. The summed E-state index contributed by atoms with van der Waals surface area (Å²) in [5, 5.41) is 3.39. The molecule has 21 heavy (non-hydrogen) atoms. The number of hydrogen-bond acceptors (Lipinski definition) is 2. The van der Waals surface area contributed by atoms with Gasteiger partial charge in [0.05, 0.1) is 22.8 Å². The minimum atomic E-state index is -0.301. The molecule has 0 fully saturated rings. The molecule has 5 heteroatoms. The summed E-state index contributed by atoms with van der Waals surface area (Å²) in [4.78, 5) is 11.9. The van der Waals surface area contributed by atoms with Crippen LogP contribution in [0.15, 0.2) is 48.5 Å². The number of carbonyl (C=O) groups is 1. The van der Waals surface area contributed by atoms with E-state index in [0.717, 1.165) is 5.56 Å². The Labute approximate surface area is 133 Å². The van der Waals surface area contributed by atoms with Gasteiger partial charge in [0.15, 0.2) is 0 Å². The second-order valence-electron chi connectivity index (χ2n) is 4.17. The van der Waals surface area contributed by atoms with Crippen molar-refractivity contribution in [2.45, 2.75) is 0 Å². The molecule has 0 heterocycles. The highest BCUT2D eigenvalue weighted by Crippen LogP contribution is 2.29. The van der Waals surface area contributed by atoms with Crippen molar-refractivity contribution in [3.05, 3.63) is 64.1 Å². The standard InChI is InChI=1S/C16H13Cl2NO2/c1-21-14-8-3-2-5-11(14)9-10-15(20)19-13-7-4-6-12(17)16(13)18/h2-10H,1H3,(H,19,20)/b10-9-. The number of carbonyl (C=O) groups excluding carboxylic acids is 1. The van der Waals surface area contributed by atoms with Crippen LogP contribution >= 0.6 is 23.2 Å². The van der Waals surface area contributed by atoms with Crippen LogP contribution in [0.25, 0.3) is 6.08 Å². The zero-order chi connectivity index (χ0) is 15.2. The number of rotatable bonds is 4. The van der Waals surface area contributed by atoms with E-state index in [0.29, 0.717) is 21.5 Å². The van der Waals surface area contributed by atoms with Gasteiger partial charge in [-0.25, -0.2) is 0 Å². The molecular formula is C16H13Cl2NO2. The zero-order valence-corrected chi connectivity index (χ0v) is 12.8. The molecule has 1 N–H and O–H groups in total. The maximum absolute atomic E-state index is 11.9. The van der Waals surface area contributed by atoms with Crippen LogP contribution in [-0.2, 0) is 4.79 Å². The lowest BCUT2D eigenvalue weighted by Crippen LogP contribution is -2.08. The summed E-state index contributed by atoms with van der Waals surface area (Å²) in [5.74, 6) is 0.396. The minimum Gasteiger partial charge on any atom is -0.496 e. The van der Waals surface area contributed by atoms with Crippen LogP contribution in [0.3, 0.4) is 0 Å². The first-order valence-electron chi connectivity index (χ1n) is 6.18. The maximum Gasteiger partial charge on any atom is 0.248 e. The third-order valence-electron chi connectivity index (χ3n) is 2.76. The van der Waals surface area contributed by atoms with Crippen molar-refractivity contribution in [3.63, 3.8) is 0 Å². The SMILES string of the molecule is COc1ccccc1/C=C\C(=O)Nc1cccc(Cl)c1Cl. The Morgan fingerprint density at radius 3 is 2.67 bits per heavy atom. The lowest BCUT2D eigenvalue weighted by Gasteiger charge is -2.06. The summed E-state index contributed by atoms with van der Waals surface area (Å²) in [6, 6.07) is 12.5. The van der Waals surface area contributed by atoms with Crippen LogP contribution in [0.1, 0.15) is 5.56 Å². The Hall–Kier alpha value is -1.97. The van der Waals surface area contributed by atoms with Crippen molar-refractivity contribution in [1.82, 2.24) is 0 Å². The van der Waals surface area contributed by atoms with E-state index in [4.69, 9.17) is 27.9 Å². The van der Waals surface area contributed by atoms with Gasteiger partial charge in [0.1, 0.15) is 5.75 Å². The molecule has 2 rings (SSSR count). The molecular weight excluding hydrogens is 309 g/mol. The van der Waals surface area contributed by atoms with Crippen molar-refractivity contribution < 1.29 is 9.53 Å². The highest BCUT2D eigenvalue weighted by Gasteiger charge is 2.06. The highest BCUT2D eigenvalue weighted by molar-refractivity contribution is 6.44. The number of nitrogens with one attached hydrogen (secondary N) is 1. The molecule has 0 unspecified atom stereocenters. The summed E-state index contributed by atoms with van der Waals surface area (Å²) in [7, 11) is 1.58. The molecule has 0 radical (unpaired) electrons. The first-order valence-corrected chi connectivity index (χ1v) is 6.93. The van der Waals surface area contributed by atoms with E-state index >= 15 is 0 Å². The van der Waals surface area contributed by atoms with E-state index in [-0.39, 0.29) is 5.91 Å². The van der Waals surface area contributed by atoms with Gasteiger partial charge in [-0.2, -0.15) is 0 Å². The molecule has 0 aliphatic heterocycles. The number of amides is 1. The summed E-state index contributed by atoms with van der Waals surface area (Å²) in [6.45, 7) is 0. The Morgan fingerprint density at radius 2 is 1.90 bits per heavy atom. The topological polar surface area (TPSA) is 38.3 Å². The van der Waals surface area contributed by atoms with E-state index in [1.165, 1.54) is 6.08 Å². The molecule has 0 spiro atoms. The normalized spacial score (nSPS) is 10.6. The minimum absolute atomic E-state index is 0.301. The number of anilines is 1. The van der Waals surface area contributed by atoms with Gasteiger partial charge in [-0.1, -0.05) is 47.5 Å². The average molecular weight is 322 g/mol. The first-order chi connectivity index (χ1) is 10.1. The Kier molecular flexibility index (Phi) is 5.26. The fourth-order valence-corrected chi connectivity index (χ4v) is 2.09. The summed E-state index contributed by atoms with van der Waals surface area (Å²) in [5.41, 5.74) is 1.28. The quantitative estimate of drug-likeness (QED) is 0.832. The molecule has 0 saturated heterocycles. The monoisotopic (exact) mass is 321 g/mol. The number of hydrogen-bond donors (Lipinski definition) is 1. The average Bonchev–Trinajstić information content (AvgIpc) is 2.50. The number of para-hydroxylation sites is 1. The molecule has 2 aromatic carbocycles. The van der Waals surface area contributed by atoms with E-state index in [2.05, 4.69) is 5.32 Å². The van der Waals surface area contributed by atoms with E-state index in [9.17, 15) is 4.79 Å². The molecule has 0 aromatic heterocycles. The van der Waals surface area contributed by atoms with E-state index < -0.39 is 0 Å². The van der Waals surface area contributed by atoms with Gasteiger partial charge < -0.3 is 10.1 Å². The van der Waals surface area contributed by atoms with Gasteiger partial charge in [-0.15, -0.1) is 0 Å². The number of ether oxygens (including phenoxy) is 1. The van der Waals surface area contributed by atoms with Crippen LogP contribution in [0.5, 0.6) is 5.75 Å². The third-order valence-corrected chi connectivity index (χ3v) is 3.58. The summed E-state index contributed by atoms with van der Waals surface area (Å²) in [6.07, 6.45) is 3.09. The van der Waals surface area contributed by atoms with Crippen molar-refractivity contribution in [2.75, 3.05) is 12.4 Å². The van der Waals surface area contributed by atoms with Gasteiger partial charge in [0.25, 0.3) is 0 Å². The Bertz CT molecular complexity index is 684. The summed E-state index contributed by atoms with van der Waals surface area (Å²) < 4.78 is 5.21. The van der Waals surface area contributed by atoms with Crippen LogP contribution in [0.4, 0.5) is 5.69 Å². The van der Waals surface area contributed by atoms with Crippen molar-refractivity contribution in [3.8, 4) is 5.75 Å². The summed E-state index contributed by atoms with van der Waals surface area (Å²) >= 11 is 11.9. The molecule has 3 nitrogen and oxygen atoms in total. The Balaban J connectivity index is 2.11. The van der Waals surface area contributed by atoms with Crippen molar-refractivity contribution in [1.29, 1.82) is 0 Å². The molecule has 0 aliphatic carbocycles. The van der Waals surface area contributed by atoms with E-state index in [1.807, 2.05) is 24.3 Å². The zero-order valence-electron chi connectivity index (χ0n) is 11.3. The molecule has 2 aromatic rings. The van der Waals surface area contributed by atoms with Gasteiger partial charge in [-0.05, 0) is 24.3 Å². The van der Waals surface area contributed by atoms with Crippen molar-refractivity contribution in [2.24, 2.45) is 0 Å². The van der Waals surface area contributed by atoms with Crippen LogP contribution < -0.4 is 10.1 Å². The second-order valence-corrected chi connectivity index (χ2v) is 4.95. The molecule has 0 aliphatic rings. The first kappa shape index (κ1) is 15.4. The van der Waals surface area contributed by atoms with Gasteiger partial charge in [0.2, 0.25) is 5.91 Å².